The summed E-state index contributed by atoms with van der Waals surface area (Å²) in [6.07, 6.45) is 2.79. The van der Waals surface area contributed by atoms with E-state index in [0.29, 0.717) is 12.8 Å². The van der Waals surface area contributed by atoms with Crippen LogP contribution < -0.4 is 5.73 Å². The third-order valence-electron chi connectivity index (χ3n) is 6.47. The average Bonchev–Trinajstić information content (AvgIpc) is 3.15. The van der Waals surface area contributed by atoms with E-state index in [1.807, 2.05) is 13.8 Å². The fourth-order valence-corrected chi connectivity index (χ4v) is 4.52. The lowest BCUT2D eigenvalue weighted by Crippen LogP contribution is -2.43. The summed E-state index contributed by atoms with van der Waals surface area (Å²) >= 11 is 0. The van der Waals surface area contributed by atoms with Gasteiger partial charge < -0.3 is 10.8 Å². The standard InChI is InChI=1S/C10H14O3.C9H9F2N/c1-9(2)6-3-4-10(9,8(12)13)7(11)5-6;10-7-2-1-5(3-8(7)11)6-4-9(6)12/h6H,3-5H2,1-2H3,(H,12,13);1-3,6,9H,4,12H2/t6?,10-;6-,9+/m00/s1. The number of hydrogen-bond acceptors (Lipinski definition) is 3. The summed E-state index contributed by atoms with van der Waals surface area (Å²) in [6.45, 7) is 3.84. The van der Waals surface area contributed by atoms with Gasteiger partial charge in [0.25, 0.3) is 0 Å². The Labute approximate surface area is 145 Å². The molecule has 25 heavy (non-hydrogen) atoms. The first-order valence-corrected chi connectivity index (χ1v) is 8.58. The predicted molar refractivity (Wildman–Crippen MR) is 87.9 cm³/mol. The molecule has 0 spiro atoms. The van der Waals surface area contributed by atoms with Gasteiger partial charge in [-0.25, -0.2) is 8.78 Å². The van der Waals surface area contributed by atoms with Crippen LogP contribution in [0, 0.1) is 28.4 Å². The molecule has 136 valence electrons. The van der Waals surface area contributed by atoms with Gasteiger partial charge in [-0.2, -0.15) is 0 Å². The first-order valence-electron chi connectivity index (χ1n) is 8.58. The molecule has 4 nitrogen and oxygen atoms in total. The number of carbonyl (C=O) groups excluding carboxylic acids is 1. The van der Waals surface area contributed by atoms with Gasteiger partial charge >= 0.3 is 5.97 Å². The van der Waals surface area contributed by atoms with Crippen molar-refractivity contribution in [1.29, 1.82) is 0 Å². The van der Waals surface area contributed by atoms with Gasteiger partial charge in [-0.15, -0.1) is 0 Å². The van der Waals surface area contributed by atoms with Gasteiger partial charge in [-0.05, 0) is 48.3 Å². The maximum Gasteiger partial charge on any atom is 0.317 e. The number of Topliss-reactive ketones (excluding diaryl/α,β-unsaturated/α-hetero) is 1. The number of carbonyl (C=O) groups is 2. The van der Waals surface area contributed by atoms with Crippen LogP contribution in [0.4, 0.5) is 8.78 Å². The molecule has 1 unspecified atom stereocenters. The van der Waals surface area contributed by atoms with Crippen LogP contribution in [0.25, 0.3) is 0 Å². The summed E-state index contributed by atoms with van der Waals surface area (Å²) in [6, 6.07) is 4.10. The fourth-order valence-electron chi connectivity index (χ4n) is 4.52. The van der Waals surface area contributed by atoms with Crippen molar-refractivity contribution in [2.24, 2.45) is 22.5 Å². The Balaban J connectivity index is 0.000000146. The largest absolute Gasteiger partial charge is 0.480 e. The molecule has 4 rings (SSSR count). The van der Waals surface area contributed by atoms with Gasteiger partial charge in [0.05, 0.1) is 0 Å². The van der Waals surface area contributed by atoms with Crippen molar-refractivity contribution < 1.29 is 23.5 Å². The highest BCUT2D eigenvalue weighted by molar-refractivity contribution is 6.06. The van der Waals surface area contributed by atoms with Crippen molar-refractivity contribution in [3.8, 4) is 0 Å². The Hall–Kier alpha value is -1.82. The Morgan fingerprint density at radius 1 is 1.28 bits per heavy atom. The molecule has 2 bridgehead atoms. The highest BCUT2D eigenvalue weighted by Gasteiger charge is 2.68. The first-order chi connectivity index (χ1) is 11.6. The number of rotatable bonds is 2. The van der Waals surface area contributed by atoms with Gasteiger partial charge in [0.2, 0.25) is 0 Å². The summed E-state index contributed by atoms with van der Waals surface area (Å²) in [4.78, 5) is 22.8. The topological polar surface area (TPSA) is 80.4 Å². The molecule has 1 aromatic rings. The van der Waals surface area contributed by atoms with Crippen molar-refractivity contribution in [1.82, 2.24) is 0 Å². The molecule has 0 saturated heterocycles. The third kappa shape index (κ3) is 2.67. The number of carboxylic acid groups (broad SMARTS) is 1. The molecule has 6 heteroatoms. The second kappa shape index (κ2) is 5.87. The second-order valence-corrected chi connectivity index (χ2v) is 7.97. The maximum atomic E-state index is 12.7. The van der Waals surface area contributed by atoms with Crippen LogP contribution in [-0.2, 0) is 9.59 Å². The molecule has 0 aromatic heterocycles. The molecule has 1 aromatic carbocycles. The van der Waals surface area contributed by atoms with E-state index in [2.05, 4.69) is 0 Å². The van der Waals surface area contributed by atoms with Gasteiger partial charge in [-0.1, -0.05) is 19.9 Å². The van der Waals surface area contributed by atoms with Crippen molar-refractivity contribution in [2.45, 2.75) is 51.5 Å². The first kappa shape index (κ1) is 18.0. The fraction of sp³-hybridized carbons (Fsp3) is 0.579. The molecular weight excluding hydrogens is 328 g/mol. The van der Waals surface area contributed by atoms with Crippen LogP contribution in [0.1, 0.15) is 51.0 Å². The van der Waals surface area contributed by atoms with E-state index in [1.54, 1.807) is 6.07 Å². The minimum atomic E-state index is -1.06. The van der Waals surface area contributed by atoms with Gasteiger partial charge in [0.1, 0.15) is 5.41 Å². The summed E-state index contributed by atoms with van der Waals surface area (Å²) in [5.74, 6) is -2.03. The van der Waals surface area contributed by atoms with Gasteiger partial charge in [-0.3, -0.25) is 9.59 Å². The highest BCUT2D eigenvalue weighted by Crippen LogP contribution is 2.63. The zero-order valence-corrected chi connectivity index (χ0v) is 14.4. The Morgan fingerprint density at radius 2 is 1.92 bits per heavy atom. The Morgan fingerprint density at radius 3 is 2.28 bits per heavy atom. The maximum absolute atomic E-state index is 12.7. The van der Waals surface area contributed by atoms with E-state index in [4.69, 9.17) is 5.73 Å². The van der Waals surface area contributed by atoms with Crippen molar-refractivity contribution in [2.75, 3.05) is 0 Å². The number of benzene rings is 1. The number of hydrogen-bond donors (Lipinski definition) is 2. The minimum Gasteiger partial charge on any atom is -0.480 e. The Kier molecular flexibility index (Phi) is 4.22. The number of ketones is 1. The summed E-state index contributed by atoms with van der Waals surface area (Å²) in [5.41, 5.74) is 4.98. The molecule has 0 radical (unpaired) electrons. The van der Waals surface area contributed by atoms with E-state index < -0.39 is 23.0 Å². The van der Waals surface area contributed by atoms with Crippen LogP contribution in [0.5, 0.6) is 0 Å². The van der Waals surface area contributed by atoms with Crippen LogP contribution >= 0.6 is 0 Å². The third-order valence-corrected chi connectivity index (χ3v) is 6.47. The van der Waals surface area contributed by atoms with E-state index in [-0.39, 0.29) is 29.1 Å². The van der Waals surface area contributed by atoms with E-state index in [9.17, 15) is 23.5 Å². The zero-order chi connectivity index (χ0) is 18.6. The number of halogens is 2. The lowest BCUT2D eigenvalue weighted by molar-refractivity contribution is -0.158. The van der Waals surface area contributed by atoms with Gasteiger partial charge in [0.15, 0.2) is 17.4 Å². The predicted octanol–water partition coefficient (Wildman–Crippen LogP) is 3.25. The minimum absolute atomic E-state index is 0.0544. The monoisotopic (exact) mass is 351 g/mol. The zero-order valence-electron chi connectivity index (χ0n) is 14.4. The van der Waals surface area contributed by atoms with Crippen LogP contribution in [-0.4, -0.2) is 22.9 Å². The number of carboxylic acids is 1. The van der Waals surface area contributed by atoms with Crippen LogP contribution in [0.15, 0.2) is 18.2 Å². The number of fused-ring (bicyclic) bond motifs is 2. The molecule has 3 aliphatic carbocycles. The molecule has 3 fully saturated rings. The van der Waals surface area contributed by atoms with Crippen LogP contribution in [0.3, 0.4) is 0 Å². The Bertz CT molecular complexity index is 733. The van der Waals surface area contributed by atoms with E-state index >= 15 is 0 Å². The van der Waals surface area contributed by atoms with Crippen molar-refractivity contribution in [3.05, 3.63) is 35.4 Å². The lowest BCUT2D eigenvalue weighted by atomic mass is 9.69. The van der Waals surface area contributed by atoms with E-state index in [0.717, 1.165) is 24.5 Å². The molecule has 0 aliphatic heterocycles. The summed E-state index contributed by atoms with van der Waals surface area (Å²) in [5, 5.41) is 9.18. The summed E-state index contributed by atoms with van der Waals surface area (Å²) < 4.78 is 25.2. The lowest BCUT2D eigenvalue weighted by Gasteiger charge is -2.31. The molecule has 3 aliphatic rings. The average molecular weight is 351 g/mol. The summed E-state index contributed by atoms with van der Waals surface area (Å²) in [7, 11) is 0. The normalized spacial score (nSPS) is 34.4. The van der Waals surface area contributed by atoms with Crippen molar-refractivity contribution in [3.63, 3.8) is 0 Å². The van der Waals surface area contributed by atoms with Gasteiger partial charge in [0, 0.05) is 18.4 Å². The second-order valence-electron chi connectivity index (χ2n) is 7.97. The molecule has 4 atom stereocenters. The smallest absolute Gasteiger partial charge is 0.317 e. The highest BCUT2D eigenvalue weighted by atomic mass is 19.2. The van der Waals surface area contributed by atoms with Crippen molar-refractivity contribution >= 4 is 11.8 Å². The SMILES string of the molecule is CC1(C)C2CC[C@@]1(C(=O)O)C(=O)C2.N[C@@H]1C[C@H]1c1ccc(F)c(F)c1. The number of nitrogens with two attached hydrogens (primary N) is 1. The quantitative estimate of drug-likeness (QED) is 0.802. The van der Waals surface area contributed by atoms with E-state index in [1.165, 1.54) is 6.07 Å². The molecule has 3 N–H and O–H groups in total. The number of aliphatic carboxylic acids is 1. The molecule has 3 saturated carbocycles. The van der Waals surface area contributed by atoms with Crippen LogP contribution in [0.2, 0.25) is 0 Å². The molecule has 0 heterocycles. The molecule has 0 amide bonds. The molecular formula is C19H23F2NO3.